The number of methoxy groups -OCH3 is 1. The van der Waals surface area contributed by atoms with Gasteiger partial charge in [-0.15, -0.1) is 0 Å². The van der Waals surface area contributed by atoms with E-state index in [9.17, 15) is 13.2 Å². The van der Waals surface area contributed by atoms with E-state index in [0.717, 1.165) is 18.7 Å². The Kier molecular flexibility index (Phi) is 7.33. The Bertz CT molecular complexity index is 968. The third-order valence-corrected chi connectivity index (χ3v) is 6.61. The predicted octanol–water partition coefficient (Wildman–Crippen LogP) is 3.16. The Morgan fingerprint density at radius 2 is 1.77 bits per heavy atom. The first-order chi connectivity index (χ1) is 14.4. The highest BCUT2D eigenvalue weighted by molar-refractivity contribution is 7.89. The average Bonchev–Trinajstić information content (AvgIpc) is 2.74. The Balaban J connectivity index is 1.60. The molecule has 1 amide bonds. The van der Waals surface area contributed by atoms with Crippen LogP contribution in [-0.4, -0.2) is 41.1 Å². The van der Waals surface area contributed by atoms with Crippen LogP contribution in [0.2, 0.25) is 0 Å². The molecule has 0 saturated carbocycles. The number of carbonyl (C=O) groups is 1. The molecule has 0 aromatic heterocycles. The summed E-state index contributed by atoms with van der Waals surface area (Å²) < 4.78 is 33.1. The van der Waals surface area contributed by atoms with Crippen LogP contribution in [0.15, 0.2) is 47.4 Å². The number of nitrogens with one attached hydrogen (secondary N) is 2. The molecule has 0 bridgehead atoms. The van der Waals surface area contributed by atoms with E-state index in [2.05, 4.69) is 39.2 Å². The molecule has 0 radical (unpaired) electrons. The third-order valence-electron chi connectivity index (χ3n) is 5.16. The Hall–Kier alpha value is -2.58. The van der Waals surface area contributed by atoms with Crippen LogP contribution in [0.25, 0.3) is 0 Å². The molecular formula is C22H29N3O4S. The van der Waals surface area contributed by atoms with Crippen LogP contribution in [0, 0.1) is 0 Å². The minimum absolute atomic E-state index is 0.0764. The summed E-state index contributed by atoms with van der Waals surface area (Å²) in [6.45, 7) is 3.84. The molecule has 2 N–H and O–H groups in total. The SMILES string of the molecule is COc1ccc(S(=O)(=O)NCCc2ccc(N3CCCCC3)cc2)cc1NC(C)=O. The summed E-state index contributed by atoms with van der Waals surface area (Å²) in [5.41, 5.74) is 2.62. The van der Waals surface area contributed by atoms with Crippen molar-refractivity contribution in [3.63, 3.8) is 0 Å². The fourth-order valence-electron chi connectivity index (χ4n) is 3.58. The van der Waals surface area contributed by atoms with Crippen molar-refractivity contribution < 1.29 is 17.9 Å². The fraction of sp³-hybridized carbons (Fsp3) is 0.409. The molecule has 0 atom stereocenters. The summed E-state index contributed by atoms with van der Waals surface area (Å²) in [6, 6.07) is 12.7. The molecule has 0 unspecified atom stereocenters. The van der Waals surface area contributed by atoms with Gasteiger partial charge in [-0.25, -0.2) is 13.1 Å². The normalized spacial score (nSPS) is 14.4. The smallest absolute Gasteiger partial charge is 0.240 e. The molecule has 1 fully saturated rings. The number of hydrogen-bond donors (Lipinski definition) is 2. The van der Waals surface area contributed by atoms with Crippen molar-refractivity contribution in [2.75, 3.05) is 37.0 Å². The fourth-order valence-corrected chi connectivity index (χ4v) is 4.64. The zero-order valence-corrected chi connectivity index (χ0v) is 18.3. The highest BCUT2D eigenvalue weighted by Crippen LogP contribution is 2.27. The number of benzene rings is 2. The van der Waals surface area contributed by atoms with Gasteiger partial charge in [-0.1, -0.05) is 12.1 Å². The van der Waals surface area contributed by atoms with E-state index in [1.54, 1.807) is 0 Å². The second kappa shape index (κ2) is 9.95. The number of sulfonamides is 1. The summed E-state index contributed by atoms with van der Waals surface area (Å²) in [4.78, 5) is 13.8. The molecule has 0 spiro atoms. The van der Waals surface area contributed by atoms with Crippen LogP contribution in [0.1, 0.15) is 31.7 Å². The number of piperidine rings is 1. The van der Waals surface area contributed by atoms with E-state index in [1.807, 2.05) is 0 Å². The monoisotopic (exact) mass is 431 g/mol. The molecule has 1 aliphatic rings. The van der Waals surface area contributed by atoms with E-state index in [-0.39, 0.29) is 17.3 Å². The maximum Gasteiger partial charge on any atom is 0.240 e. The highest BCUT2D eigenvalue weighted by atomic mass is 32.2. The van der Waals surface area contributed by atoms with Gasteiger partial charge in [0.2, 0.25) is 15.9 Å². The summed E-state index contributed by atoms with van der Waals surface area (Å²) in [5.74, 6) is 0.0988. The molecule has 7 nitrogen and oxygen atoms in total. The van der Waals surface area contributed by atoms with E-state index < -0.39 is 10.0 Å². The van der Waals surface area contributed by atoms with Crippen molar-refractivity contribution in [3.8, 4) is 5.75 Å². The van der Waals surface area contributed by atoms with Crippen LogP contribution in [0.3, 0.4) is 0 Å². The average molecular weight is 432 g/mol. The van der Waals surface area contributed by atoms with E-state index in [0.29, 0.717) is 17.9 Å². The lowest BCUT2D eigenvalue weighted by Gasteiger charge is -2.28. The molecule has 2 aromatic carbocycles. The number of anilines is 2. The number of nitrogens with zero attached hydrogens (tertiary/aromatic N) is 1. The van der Waals surface area contributed by atoms with Crippen LogP contribution in [0.4, 0.5) is 11.4 Å². The zero-order valence-electron chi connectivity index (χ0n) is 17.5. The second-order valence-corrected chi connectivity index (χ2v) is 9.17. The Morgan fingerprint density at radius 3 is 2.40 bits per heavy atom. The van der Waals surface area contributed by atoms with Gasteiger partial charge >= 0.3 is 0 Å². The predicted molar refractivity (Wildman–Crippen MR) is 119 cm³/mol. The molecule has 1 aliphatic heterocycles. The van der Waals surface area contributed by atoms with Gasteiger partial charge in [-0.05, 0) is 61.6 Å². The molecule has 1 heterocycles. The van der Waals surface area contributed by atoms with Crippen molar-refractivity contribution in [2.45, 2.75) is 37.5 Å². The highest BCUT2D eigenvalue weighted by Gasteiger charge is 2.17. The number of hydrogen-bond acceptors (Lipinski definition) is 5. The van der Waals surface area contributed by atoms with Gasteiger partial charge in [-0.2, -0.15) is 0 Å². The van der Waals surface area contributed by atoms with Gasteiger partial charge < -0.3 is 15.0 Å². The molecular weight excluding hydrogens is 402 g/mol. The Morgan fingerprint density at radius 1 is 1.07 bits per heavy atom. The first-order valence-electron chi connectivity index (χ1n) is 10.2. The van der Waals surface area contributed by atoms with Gasteiger partial charge in [0, 0.05) is 32.2 Å². The van der Waals surface area contributed by atoms with Crippen LogP contribution < -0.4 is 19.7 Å². The zero-order chi connectivity index (χ0) is 21.6. The number of amides is 1. The summed E-state index contributed by atoms with van der Waals surface area (Å²) in [5, 5.41) is 2.59. The first-order valence-corrected chi connectivity index (χ1v) is 11.7. The summed E-state index contributed by atoms with van der Waals surface area (Å²) >= 11 is 0. The summed E-state index contributed by atoms with van der Waals surface area (Å²) in [6.07, 6.45) is 4.36. The lowest BCUT2D eigenvalue weighted by Crippen LogP contribution is -2.29. The largest absolute Gasteiger partial charge is 0.495 e. The van der Waals surface area contributed by atoms with Crippen molar-refractivity contribution >= 4 is 27.3 Å². The summed E-state index contributed by atoms with van der Waals surface area (Å²) in [7, 11) is -2.24. The van der Waals surface area contributed by atoms with Gasteiger partial charge in [0.15, 0.2) is 0 Å². The Labute approximate surface area is 178 Å². The number of carbonyl (C=O) groups excluding carboxylic acids is 1. The molecule has 3 rings (SSSR count). The molecule has 8 heteroatoms. The van der Waals surface area contributed by atoms with Crippen LogP contribution in [-0.2, 0) is 21.2 Å². The maximum atomic E-state index is 12.6. The minimum Gasteiger partial charge on any atom is -0.495 e. The van der Waals surface area contributed by atoms with E-state index in [1.165, 1.54) is 57.2 Å². The minimum atomic E-state index is -3.70. The second-order valence-electron chi connectivity index (χ2n) is 7.41. The van der Waals surface area contributed by atoms with Crippen molar-refractivity contribution in [2.24, 2.45) is 0 Å². The van der Waals surface area contributed by atoms with Gasteiger partial charge in [0.05, 0.1) is 17.7 Å². The molecule has 1 saturated heterocycles. The van der Waals surface area contributed by atoms with E-state index >= 15 is 0 Å². The van der Waals surface area contributed by atoms with Crippen LogP contribution >= 0.6 is 0 Å². The molecule has 2 aromatic rings. The van der Waals surface area contributed by atoms with Crippen molar-refractivity contribution in [1.82, 2.24) is 4.72 Å². The van der Waals surface area contributed by atoms with Gasteiger partial charge in [-0.3, -0.25) is 4.79 Å². The van der Waals surface area contributed by atoms with Crippen LogP contribution in [0.5, 0.6) is 5.75 Å². The lowest BCUT2D eigenvalue weighted by atomic mass is 10.1. The molecule has 0 aliphatic carbocycles. The first kappa shape index (κ1) is 22.1. The quantitative estimate of drug-likeness (QED) is 0.670. The van der Waals surface area contributed by atoms with E-state index in [4.69, 9.17) is 4.74 Å². The number of ether oxygens (including phenoxy) is 1. The topological polar surface area (TPSA) is 87.7 Å². The standard InChI is InChI=1S/C22H29N3O4S/c1-17(26)24-21-16-20(10-11-22(21)29-2)30(27,28)23-13-12-18-6-8-19(9-7-18)25-14-4-3-5-15-25/h6-11,16,23H,3-5,12-15H2,1-2H3,(H,24,26). The molecule has 30 heavy (non-hydrogen) atoms. The van der Waals surface area contributed by atoms with Crippen molar-refractivity contribution in [3.05, 3.63) is 48.0 Å². The number of rotatable bonds is 8. The van der Waals surface area contributed by atoms with Gasteiger partial charge in [0.25, 0.3) is 0 Å². The van der Waals surface area contributed by atoms with Gasteiger partial charge in [0.1, 0.15) is 5.75 Å². The van der Waals surface area contributed by atoms with Crippen molar-refractivity contribution in [1.29, 1.82) is 0 Å². The maximum absolute atomic E-state index is 12.6. The third kappa shape index (κ3) is 5.73. The molecule has 162 valence electrons. The lowest BCUT2D eigenvalue weighted by molar-refractivity contribution is -0.114.